The van der Waals surface area contributed by atoms with E-state index in [0.717, 1.165) is 0 Å². The minimum absolute atomic E-state index is 0.0543. The Hall–Kier alpha value is -3.82. The van der Waals surface area contributed by atoms with E-state index in [1.807, 2.05) is 0 Å². The number of carbonyl (C=O) groups excluding carboxylic acids is 2. The number of benzene rings is 2. The topological polar surface area (TPSA) is 129 Å². The summed E-state index contributed by atoms with van der Waals surface area (Å²) in [6.07, 6.45) is -1.09. The standard InChI is InChI=1S/C18H19N3O7/c1-11(28-14-7-5-4-6-13(14)21(24)25)17(22)19-20-18(23)12-8-9-15(26-2)16(10-12)27-3/h4-11H,1-3H3,(H,19,22)(H,20,23). The number of methoxy groups -OCH3 is 2. The Labute approximate surface area is 160 Å². The number of rotatable bonds is 7. The summed E-state index contributed by atoms with van der Waals surface area (Å²) in [5.41, 5.74) is 4.41. The number of nitro groups is 1. The summed E-state index contributed by atoms with van der Waals surface area (Å²) < 4.78 is 15.5. The van der Waals surface area contributed by atoms with Gasteiger partial charge in [-0.3, -0.25) is 30.6 Å². The summed E-state index contributed by atoms with van der Waals surface area (Å²) in [6.45, 7) is 1.40. The Kier molecular flexibility index (Phi) is 6.74. The molecular weight excluding hydrogens is 370 g/mol. The first-order valence-corrected chi connectivity index (χ1v) is 8.09. The van der Waals surface area contributed by atoms with E-state index >= 15 is 0 Å². The Morgan fingerprint density at radius 1 is 1.00 bits per heavy atom. The van der Waals surface area contributed by atoms with Crippen molar-refractivity contribution >= 4 is 17.5 Å². The normalized spacial score (nSPS) is 11.1. The lowest BCUT2D eigenvalue weighted by Gasteiger charge is -2.15. The summed E-state index contributed by atoms with van der Waals surface area (Å²) in [4.78, 5) is 34.7. The van der Waals surface area contributed by atoms with Gasteiger partial charge in [-0.25, -0.2) is 0 Å². The summed E-state index contributed by atoms with van der Waals surface area (Å²) >= 11 is 0. The first-order chi connectivity index (χ1) is 13.4. The molecule has 0 spiro atoms. The van der Waals surface area contributed by atoms with Crippen molar-refractivity contribution in [1.82, 2.24) is 10.9 Å². The second-order valence-corrected chi connectivity index (χ2v) is 5.50. The number of nitrogens with zero attached hydrogens (tertiary/aromatic N) is 1. The Morgan fingerprint density at radius 3 is 2.32 bits per heavy atom. The molecule has 1 atom stereocenters. The predicted octanol–water partition coefficient (Wildman–Crippen LogP) is 1.84. The average Bonchev–Trinajstić information content (AvgIpc) is 2.71. The number of hydrogen-bond donors (Lipinski definition) is 2. The van der Waals surface area contributed by atoms with Crippen LogP contribution in [-0.2, 0) is 4.79 Å². The molecule has 0 radical (unpaired) electrons. The van der Waals surface area contributed by atoms with Crippen molar-refractivity contribution in [1.29, 1.82) is 0 Å². The zero-order valence-electron chi connectivity index (χ0n) is 15.4. The van der Waals surface area contributed by atoms with Crippen LogP contribution in [0.4, 0.5) is 5.69 Å². The van der Waals surface area contributed by atoms with E-state index < -0.39 is 22.8 Å². The van der Waals surface area contributed by atoms with Crippen LogP contribution in [0.5, 0.6) is 17.2 Å². The van der Waals surface area contributed by atoms with Gasteiger partial charge in [-0.2, -0.15) is 0 Å². The fourth-order valence-electron chi connectivity index (χ4n) is 2.22. The van der Waals surface area contributed by atoms with Gasteiger partial charge in [0.15, 0.2) is 23.4 Å². The monoisotopic (exact) mass is 389 g/mol. The van der Waals surface area contributed by atoms with Crippen molar-refractivity contribution in [3.8, 4) is 17.2 Å². The van der Waals surface area contributed by atoms with Crippen LogP contribution >= 0.6 is 0 Å². The van der Waals surface area contributed by atoms with Gasteiger partial charge in [-0.1, -0.05) is 12.1 Å². The maximum absolute atomic E-state index is 12.2. The van der Waals surface area contributed by atoms with Crippen molar-refractivity contribution < 1.29 is 28.7 Å². The zero-order valence-corrected chi connectivity index (χ0v) is 15.4. The molecular formula is C18H19N3O7. The Balaban J connectivity index is 1.98. The molecule has 10 heteroatoms. The molecule has 0 aliphatic rings. The third-order valence-corrected chi connectivity index (χ3v) is 3.68. The Bertz CT molecular complexity index is 885. The van der Waals surface area contributed by atoms with E-state index in [9.17, 15) is 19.7 Å². The molecule has 2 aromatic rings. The second kappa shape index (κ2) is 9.21. The molecule has 0 saturated heterocycles. The summed E-state index contributed by atoms with van der Waals surface area (Å²) in [5, 5.41) is 11.0. The summed E-state index contributed by atoms with van der Waals surface area (Å²) in [6, 6.07) is 10.2. The van der Waals surface area contributed by atoms with Crippen molar-refractivity contribution in [3.05, 3.63) is 58.1 Å². The van der Waals surface area contributed by atoms with Crippen LogP contribution in [0.25, 0.3) is 0 Å². The number of para-hydroxylation sites is 2. The molecule has 0 aliphatic carbocycles. The molecule has 2 amide bonds. The molecule has 1 unspecified atom stereocenters. The number of amides is 2. The van der Waals surface area contributed by atoms with Crippen LogP contribution < -0.4 is 25.1 Å². The van der Waals surface area contributed by atoms with Gasteiger partial charge in [0.1, 0.15) is 0 Å². The van der Waals surface area contributed by atoms with Gasteiger partial charge in [-0.15, -0.1) is 0 Å². The van der Waals surface area contributed by atoms with Crippen LogP contribution in [0.1, 0.15) is 17.3 Å². The highest BCUT2D eigenvalue weighted by Gasteiger charge is 2.21. The Morgan fingerprint density at radius 2 is 1.68 bits per heavy atom. The fourth-order valence-corrected chi connectivity index (χ4v) is 2.22. The highest BCUT2D eigenvalue weighted by molar-refractivity contribution is 5.96. The summed E-state index contributed by atoms with van der Waals surface area (Å²) in [5.74, 6) is -0.523. The van der Waals surface area contributed by atoms with E-state index in [4.69, 9.17) is 14.2 Å². The van der Waals surface area contributed by atoms with Crippen LogP contribution in [0.2, 0.25) is 0 Å². The molecule has 148 valence electrons. The number of ether oxygens (including phenoxy) is 3. The van der Waals surface area contributed by atoms with Gasteiger partial charge >= 0.3 is 5.69 Å². The van der Waals surface area contributed by atoms with E-state index in [1.54, 1.807) is 12.1 Å². The quantitative estimate of drug-likeness (QED) is 0.546. The maximum atomic E-state index is 12.2. The molecule has 2 aromatic carbocycles. The van der Waals surface area contributed by atoms with E-state index in [2.05, 4.69) is 10.9 Å². The average molecular weight is 389 g/mol. The molecule has 10 nitrogen and oxygen atoms in total. The predicted molar refractivity (Wildman–Crippen MR) is 98.3 cm³/mol. The highest BCUT2D eigenvalue weighted by atomic mass is 16.6. The van der Waals surface area contributed by atoms with Gasteiger partial charge in [0.05, 0.1) is 19.1 Å². The highest BCUT2D eigenvalue weighted by Crippen LogP contribution is 2.28. The molecule has 28 heavy (non-hydrogen) atoms. The minimum atomic E-state index is -1.09. The maximum Gasteiger partial charge on any atom is 0.310 e. The lowest BCUT2D eigenvalue weighted by Crippen LogP contribution is -2.47. The molecule has 0 saturated carbocycles. The van der Waals surface area contributed by atoms with Crippen LogP contribution in [0, 0.1) is 10.1 Å². The van der Waals surface area contributed by atoms with Gasteiger partial charge in [-0.05, 0) is 31.2 Å². The number of carbonyl (C=O) groups is 2. The number of nitrogens with one attached hydrogen (secondary N) is 2. The lowest BCUT2D eigenvalue weighted by molar-refractivity contribution is -0.386. The molecule has 0 fully saturated rings. The first kappa shape index (κ1) is 20.5. The zero-order chi connectivity index (χ0) is 20.7. The summed E-state index contributed by atoms with van der Waals surface area (Å²) in [7, 11) is 2.90. The molecule has 2 rings (SSSR count). The van der Waals surface area contributed by atoms with Crippen LogP contribution in [0.3, 0.4) is 0 Å². The smallest absolute Gasteiger partial charge is 0.310 e. The molecule has 0 heterocycles. The molecule has 2 N–H and O–H groups in total. The van der Waals surface area contributed by atoms with Gasteiger partial charge in [0.25, 0.3) is 11.8 Å². The fraction of sp³-hybridized carbons (Fsp3) is 0.222. The number of hydrogen-bond acceptors (Lipinski definition) is 7. The minimum Gasteiger partial charge on any atom is -0.493 e. The SMILES string of the molecule is COc1ccc(C(=O)NNC(=O)C(C)Oc2ccccc2[N+](=O)[O-])cc1OC. The van der Waals surface area contributed by atoms with Gasteiger partial charge < -0.3 is 14.2 Å². The second-order valence-electron chi connectivity index (χ2n) is 5.50. The third-order valence-electron chi connectivity index (χ3n) is 3.68. The van der Waals surface area contributed by atoms with E-state index in [0.29, 0.717) is 11.5 Å². The molecule has 0 aromatic heterocycles. The van der Waals surface area contributed by atoms with Crippen molar-refractivity contribution in [2.75, 3.05) is 14.2 Å². The van der Waals surface area contributed by atoms with Crippen LogP contribution in [-0.4, -0.2) is 37.1 Å². The van der Waals surface area contributed by atoms with E-state index in [1.165, 1.54) is 51.5 Å². The number of nitro benzene ring substituents is 1. The van der Waals surface area contributed by atoms with Crippen molar-refractivity contribution in [2.24, 2.45) is 0 Å². The van der Waals surface area contributed by atoms with E-state index in [-0.39, 0.29) is 17.0 Å². The van der Waals surface area contributed by atoms with Gasteiger partial charge in [0.2, 0.25) is 0 Å². The number of hydrazine groups is 1. The first-order valence-electron chi connectivity index (χ1n) is 8.09. The third kappa shape index (κ3) is 4.87. The van der Waals surface area contributed by atoms with Gasteiger partial charge in [0, 0.05) is 11.6 Å². The van der Waals surface area contributed by atoms with Crippen molar-refractivity contribution in [3.63, 3.8) is 0 Å². The van der Waals surface area contributed by atoms with Crippen molar-refractivity contribution in [2.45, 2.75) is 13.0 Å². The van der Waals surface area contributed by atoms with Crippen LogP contribution in [0.15, 0.2) is 42.5 Å². The lowest BCUT2D eigenvalue weighted by atomic mass is 10.2. The molecule has 0 bridgehead atoms. The molecule has 0 aliphatic heterocycles. The largest absolute Gasteiger partial charge is 0.493 e.